The lowest BCUT2D eigenvalue weighted by Crippen LogP contribution is -2.15. The molecule has 1 aliphatic rings. The largest absolute Gasteiger partial charge is 0.451 e. The van der Waals surface area contributed by atoms with Gasteiger partial charge in [-0.1, -0.05) is 25.7 Å². The zero-order chi connectivity index (χ0) is 14.6. The highest BCUT2D eigenvalue weighted by Gasteiger charge is 2.35. The minimum atomic E-state index is -4.57. The zero-order valence-corrected chi connectivity index (χ0v) is 11.2. The maximum absolute atomic E-state index is 12.5. The second-order valence-corrected chi connectivity index (χ2v) is 5.22. The summed E-state index contributed by atoms with van der Waals surface area (Å²) in [5.41, 5.74) is 5.37. The van der Waals surface area contributed by atoms with Gasteiger partial charge in [0.25, 0.3) is 0 Å². The van der Waals surface area contributed by atoms with Crippen LogP contribution in [0.5, 0.6) is 0 Å². The van der Waals surface area contributed by atoms with Crippen molar-refractivity contribution in [3.05, 3.63) is 11.9 Å². The zero-order valence-electron chi connectivity index (χ0n) is 11.2. The summed E-state index contributed by atoms with van der Waals surface area (Å²) in [6.45, 7) is 0.601. The molecule has 0 spiro atoms. The molecule has 1 saturated carbocycles. The fourth-order valence-electron chi connectivity index (χ4n) is 2.59. The molecule has 2 rings (SSSR count). The van der Waals surface area contributed by atoms with E-state index < -0.39 is 12.0 Å². The van der Waals surface area contributed by atoms with E-state index in [1.165, 1.54) is 31.7 Å². The molecule has 0 atom stereocenters. The first-order valence-corrected chi connectivity index (χ1v) is 6.91. The lowest BCUT2D eigenvalue weighted by molar-refractivity contribution is -0.144. The van der Waals surface area contributed by atoms with E-state index in [9.17, 15) is 13.2 Å². The van der Waals surface area contributed by atoms with Crippen LogP contribution in [0.4, 0.5) is 24.8 Å². The molecule has 4 nitrogen and oxygen atoms in total. The van der Waals surface area contributed by atoms with Gasteiger partial charge in [0.15, 0.2) is 0 Å². The fraction of sp³-hybridized carbons (Fsp3) is 0.692. The van der Waals surface area contributed by atoms with Crippen LogP contribution in [0.2, 0.25) is 0 Å². The number of aromatic nitrogens is 2. The van der Waals surface area contributed by atoms with Gasteiger partial charge in [0.05, 0.1) is 0 Å². The van der Waals surface area contributed by atoms with E-state index in [4.69, 9.17) is 5.73 Å². The summed E-state index contributed by atoms with van der Waals surface area (Å²) in [7, 11) is 0. The van der Waals surface area contributed by atoms with Crippen LogP contribution in [0.3, 0.4) is 0 Å². The number of alkyl halides is 3. The summed E-state index contributed by atoms with van der Waals surface area (Å²) in [6, 6.07) is 1.32. The SMILES string of the molecule is Nc1cc(NCCCC2CCCC2)nc(C(F)(F)F)n1. The maximum Gasteiger partial charge on any atom is 0.451 e. The number of hydrogen-bond donors (Lipinski definition) is 2. The Morgan fingerprint density at radius 1 is 1.25 bits per heavy atom. The predicted molar refractivity (Wildman–Crippen MR) is 71.1 cm³/mol. The normalized spacial score (nSPS) is 16.6. The first-order chi connectivity index (χ1) is 9.45. The smallest absolute Gasteiger partial charge is 0.384 e. The highest BCUT2D eigenvalue weighted by atomic mass is 19.4. The molecule has 20 heavy (non-hydrogen) atoms. The number of anilines is 2. The first kappa shape index (κ1) is 14.9. The Hall–Kier alpha value is -1.53. The van der Waals surface area contributed by atoms with Crippen molar-refractivity contribution >= 4 is 11.6 Å². The summed E-state index contributed by atoms with van der Waals surface area (Å²) >= 11 is 0. The van der Waals surface area contributed by atoms with E-state index in [-0.39, 0.29) is 11.6 Å². The van der Waals surface area contributed by atoms with Crippen LogP contribution >= 0.6 is 0 Å². The van der Waals surface area contributed by atoms with Crippen molar-refractivity contribution in [1.82, 2.24) is 9.97 Å². The molecular formula is C13H19F3N4. The number of nitrogens with zero attached hydrogens (tertiary/aromatic N) is 2. The van der Waals surface area contributed by atoms with Gasteiger partial charge in [-0.15, -0.1) is 0 Å². The van der Waals surface area contributed by atoms with Gasteiger partial charge in [-0.05, 0) is 18.8 Å². The van der Waals surface area contributed by atoms with Crippen molar-refractivity contribution in [2.45, 2.75) is 44.7 Å². The Morgan fingerprint density at radius 2 is 1.95 bits per heavy atom. The molecule has 0 aromatic carbocycles. The van der Waals surface area contributed by atoms with Crippen LogP contribution in [-0.4, -0.2) is 16.5 Å². The van der Waals surface area contributed by atoms with Gasteiger partial charge in [0, 0.05) is 12.6 Å². The van der Waals surface area contributed by atoms with Gasteiger partial charge in [-0.2, -0.15) is 13.2 Å². The monoisotopic (exact) mass is 288 g/mol. The van der Waals surface area contributed by atoms with Crippen molar-refractivity contribution in [3.63, 3.8) is 0 Å². The van der Waals surface area contributed by atoms with Crippen molar-refractivity contribution in [1.29, 1.82) is 0 Å². The topological polar surface area (TPSA) is 63.8 Å². The average Bonchev–Trinajstić information content (AvgIpc) is 2.86. The molecule has 0 bridgehead atoms. The summed E-state index contributed by atoms with van der Waals surface area (Å²) in [5, 5.41) is 2.89. The van der Waals surface area contributed by atoms with Crippen molar-refractivity contribution < 1.29 is 13.2 Å². The predicted octanol–water partition coefficient (Wildman–Crippen LogP) is 3.46. The quantitative estimate of drug-likeness (QED) is 0.814. The molecule has 1 fully saturated rings. The molecule has 0 saturated heterocycles. The van der Waals surface area contributed by atoms with Gasteiger partial charge >= 0.3 is 6.18 Å². The van der Waals surface area contributed by atoms with Crippen molar-refractivity contribution in [3.8, 4) is 0 Å². The third kappa shape index (κ3) is 4.25. The summed E-state index contributed by atoms with van der Waals surface area (Å²) < 4.78 is 37.6. The van der Waals surface area contributed by atoms with Gasteiger partial charge in [0.1, 0.15) is 11.6 Å². The van der Waals surface area contributed by atoms with E-state index in [0.717, 1.165) is 18.8 Å². The second-order valence-electron chi connectivity index (χ2n) is 5.22. The number of nitrogens with two attached hydrogens (primary N) is 1. The summed E-state index contributed by atoms with van der Waals surface area (Å²) in [4.78, 5) is 6.64. The summed E-state index contributed by atoms with van der Waals surface area (Å²) in [6.07, 6.45) is 2.62. The minimum Gasteiger partial charge on any atom is -0.384 e. The number of nitrogens with one attached hydrogen (secondary N) is 1. The lowest BCUT2D eigenvalue weighted by Gasteiger charge is -2.11. The van der Waals surface area contributed by atoms with Crippen molar-refractivity contribution in [2.75, 3.05) is 17.6 Å². The third-order valence-electron chi connectivity index (χ3n) is 3.57. The summed E-state index contributed by atoms with van der Waals surface area (Å²) in [5.74, 6) is -0.462. The third-order valence-corrected chi connectivity index (χ3v) is 3.57. The molecule has 0 amide bonds. The van der Waals surface area contributed by atoms with E-state index in [1.807, 2.05) is 0 Å². The number of nitrogen functional groups attached to an aromatic ring is 1. The van der Waals surface area contributed by atoms with Crippen molar-refractivity contribution in [2.24, 2.45) is 5.92 Å². The van der Waals surface area contributed by atoms with E-state index in [1.54, 1.807) is 0 Å². The molecular weight excluding hydrogens is 269 g/mol. The van der Waals surface area contributed by atoms with Crippen LogP contribution in [0, 0.1) is 5.92 Å². The van der Waals surface area contributed by atoms with E-state index >= 15 is 0 Å². The second kappa shape index (κ2) is 6.28. The fourth-order valence-corrected chi connectivity index (χ4v) is 2.59. The van der Waals surface area contributed by atoms with Gasteiger partial charge in [0.2, 0.25) is 5.82 Å². The molecule has 1 aromatic heterocycles. The van der Waals surface area contributed by atoms with E-state index in [0.29, 0.717) is 6.54 Å². The van der Waals surface area contributed by atoms with Gasteiger partial charge in [-0.25, -0.2) is 9.97 Å². The molecule has 3 N–H and O–H groups in total. The Balaban J connectivity index is 1.84. The highest BCUT2D eigenvalue weighted by Crippen LogP contribution is 2.29. The minimum absolute atomic E-state index is 0.135. The van der Waals surface area contributed by atoms with Gasteiger partial charge < -0.3 is 11.1 Å². The Morgan fingerprint density at radius 3 is 2.60 bits per heavy atom. The molecule has 0 aliphatic heterocycles. The number of rotatable bonds is 5. The van der Waals surface area contributed by atoms with Crippen LogP contribution in [-0.2, 0) is 6.18 Å². The molecule has 0 radical (unpaired) electrons. The number of halogens is 3. The average molecular weight is 288 g/mol. The van der Waals surface area contributed by atoms with Crippen LogP contribution in [0.1, 0.15) is 44.3 Å². The van der Waals surface area contributed by atoms with Crippen LogP contribution in [0.25, 0.3) is 0 Å². The molecule has 112 valence electrons. The molecule has 7 heteroatoms. The van der Waals surface area contributed by atoms with E-state index in [2.05, 4.69) is 15.3 Å². The van der Waals surface area contributed by atoms with Gasteiger partial charge in [-0.3, -0.25) is 0 Å². The number of hydrogen-bond acceptors (Lipinski definition) is 4. The molecule has 0 unspecified atom stereocenters. The van der Waals surface area contributed by atoms with Crippen LogP contribution < -0.4 is 11.1 Å². The lowest BCUT2D eigenvalue weighted by atomic mass is 10.0. The highest BCUT2D eigenvalue weighted by molar-refractivity contribution is 5.44. The molecule has 1 heterocycles. The molecule has 1 aromatic rings. The van der Waals surface area contributed by atoms with Crippen LogP contribution in [0.15, 0.2) is 6.07 Å². The Labute approximate surface area is 116 Å². The Bertz CT molecular complexity index is 442. The molecule has 1 aliphatic carbocycles. The first-order valence-electron chi connectivity index (χ1n) is 6.91. The maximum atomic E-state index is 12.5. The standard InChI is InChI=1S/C13H19F3N4/c14-13(15,16)12-19-10(17)8-11(20-12)18-7-3-6-9-4-1-2-5-9/h8-9H,1-7H2,(H3,17,18,19,20). The Kier molecular flexibility index (Phi) is 4.67.